The van der Waals surface area contributed by atoms with Crippen molar-refractivity contribution in [1.82, 2.24) is 15.1 Å². The van der Waals surface area contributed by atoms with Gasteiger partial charge in [0.2, 0.25) is 5.91 Å². The average Bonchev–Trinajstić information content (AvgIpc) is 3.36. The van der Waals surface area contributed by atoms with Gasteiger partial charge in [0.15, 0.2) is 23.1 Å². The Kier molecular flexibility index (Phi) is 8.85. The molecule has 0 radical (unpaired) electrons. The number of methoxy groups -OCH3 is 1. The van der Waals surface area contributed by atoms with Gasteiger partial charge in [-0.1, -0.05) is 19.9 Å². The summed E-state index contributed by atoms with van der Waals surface area (Å²) in [5.74, 6) is -1.30. The Morgan fingerprint density at radius 1 is 1.25 bits per heavy atom. The maximum absolute atomic E-state index is 14.9. The maximum Gasteiger partial charge on any atom is 0.239 e. The molecule has 11 nitrogen and oxygen atoms in total. The highest BCUT2D eigenvalue weighted by Crippen LogP contribution is 2.28. The number of aliphatic hydroxyl groups is 1. The number of anilines is 2. The second-order valence-electron chi connectivity index (χ2n) is 10.0. The van der Waals surface area contributed by atoms with Crippen LogP contribution in [0.4, 0.5) is 20.2 Å². The minimum Gasteiger partial charge on any atom is -0.493 e. The molecule has 1 aliphatic rings. The van der Waals surface area contributed by atoms with Crippen LogP contribution < -0.4 is 41.3 Å². The van der Waals surface area contributed by atoms with E-state index >= 15 is 0 Å². The Bertz CT molecular complexity index is 1490. The van der Waals surface area contributed by atoms with Gasteiger partial charge in [0.25, 0.3) is 0 Å². The first kappa shape index (κ1) is 28.8. The Hall–Kier alpha value is -4.23. The summed E-state index contributed by atoms with van der Waals surface area (Å²) in [5, 5.41) is 21.1. The van der Waals surface area contributed by atoms with E-state index in [1.807, 2.05) is 13.8 Å². The third kappa shape index (κ3) is 6.66. The van der Waals surface area contributed by atoms with Crippen molar-refractivity contribution in [1.29, 1.82) is 0 Å². The molecule has 1 aliphatic heterocycles. The van der Waals surface area contributed by atoms with Gasteiger partial charge in [-0.25, -0.2) is 8.78 Å². The topological polar surface area (TPSA) is 139 Å². The number of carbonyl (C=O) groups excluding carboxylic acids is 1. The Morgan fingerprint density at radius 2 is 2.05 bits per heavy atom. The highest BCUT2D eigenvalue weighted by atomic mass is 19.2. The van der Waals surface area contributed by atoms with Gasteiger partial charge in [-0.05, 0) is 18.2 Å². The predicted octanol–water partition coefficient (Wildman–Crippen LogP) is 0.917. The van der Waals surface area contributed by atoms with Crippen molar-refractivity contribution in [2.24, 2.45) is 16.1 Å². The number of amides is 1. The molecule has 1 aromatic heterocycles. The summed E-state index contributed by atoms with van der Waals surface area (Å²) in [7, 11) is 1.50. The van der Waals surface area contributed by atoms with Gasteiger partial charge in [0, 0.05) is 42.6 Å². The number of hydrogen-bond donors (Lipinski definition) is 4. The molecule has 40 heavy (non-hydrogen) atoms. The number of rotatable bonds is 13. The number of nitrogens with two attached hydrogens (primary N) is 1. The molecule has 13 heteroatoms. The summed E-state index contributed by atoms with van der Waals surface area (Å²) in [4.78, 5) is 17.4. The summed E-state index contributed by atoms with van der Waals surface area (Å²) in [6.07, 6.45) is 3.06. The summed E-state index contributed by atoms with van der Waals surface area (Å²) >= 11 is 0. The minimum atomic E-state index is -1.02. The zero-order valence-corrected chi connectivity index (χ0v) is 22.6. The molecule has 2 aromatic carbocycles. The van der Waals surface area contributed by atoms with E-state index < -0.39 is 17.5 Å². The van der Waals surface area contributed by atoms with E-state index in [4.69, 9.17) is 15.2 Å². The van der Waals surface area contributed by atoms with Crippen molar-refractivity contribution in [2.45, 2.75) is 20.4 Å². The van der Waals surface area contributed by atoms with Crippen LogP contribution in [0.25, 0.3) is 5.82 Å². The van der Waals surface area contributed by atoms with Crippen LogP contribution in [-0.4, -0.2) is 60.9 Å². The summed E-state index contributed by atoms with van der Waals surface area (Å²) in [6.45, 7) is 5.34. The first-order valence-corrected chi connectivity index (χ1v) is 12.6. The van der Waals surface area contributed by atoms with Crippen LogP contribution in [0, 0.1) is 17.0 Å². The number of aliphatic hydroxyl groups excluding tert-OH is 1. The number of hydrogen-bond acceptors (Lipinski definition) is 9. The maximum atomic E-state index is 14.9. The molecule has 0 atom stereocenters. The lowest BCUT2D eigenvalue weighted by Gasteiger charge is -2.29. The molecule has 5 N–H and O–H groups in total. The van der Waals surface area contributed by atoms with Crippen LogP contribution in [0.15, 0.2) is 47.7 Å². The number of nitrogens with zero attached hydrogens (tertiary/aromatic N) is 4. The van der Waals surface area contributed by atoms with Crippen molar-refractivity contribution in [3.8, 4) is 11.5 Å². The molecule has 0 unspecified atom stereocenters. The fourth-order valence-electron chi connectivity index (χ4n) is 4.06. The number of carbonyl (C=O) groups is 1. The van der Waals surface area contributed by atoms with E-state index in [-0.39, 0.29) is 30.9 Å². The number of ether oxygens (including phenoxy) is 2. The fourth-order valence-corrected chi connectivity index (χ4v) is 4.06. The third-order valence-electron chi connectivity index (χ3n) is 6.19. The second kappa shape index (κ2) is 12.3. The van der Waals surface area contributed by atoms with Crippen molar-refractivity contribution in [3.05, 3.63) is 64.9 Å². The largest absolute Gasteiger partial charge is 0.493 e. The lowest BCUT2D eigenvalue weighted by Crippen LogP contribution is -2.43. The lowest BCUT2D eigenvalue weighted by molar-refractivity contribution is -0.118. The van der Waals surface area contributed by atoms with Gasteiger partial charge in [-0.15, -0.1) is 0 Å². The SMILES string of the molecule is COc1cc2c(cc1OCCNCC(C)(C)CO)=NCN(c1cccc(F)c1F)C=2Nc1cnn(CC(N)=O)c1. The van der Waals surface area contributed by atoms with E-state index in [1.54, 1.807) is 18.3 Å². The molecule has 4 rings (SSSR count). The normalized spacial score (nSPS) is 13.1. The molecule has 2 heterocycles. The summed E-state index contributed by atoms with van der Waals surface area (Å²) < 4.78 is 42.0. The van der Waals surface area contributed by atoms with Gasteiger partial charge < -0.3 is 35.8 Å². The predicted molar refractivity (Wildman–Crippen MR) is 145 cm³/mol. The van der Waals surface area contributed by atoms with Gasteiger partial charge in [-0.3, -0.25) is 14.5 Å². The van der Waals surface area contributed by atoms with Crippen LogP contribution in [-0.2, 0) is 11.3 Å². The van der Waals surface area contributed by atoms with Gasteiger partial charge >= 0.3 is 0 Å². The van der Waals surface area contributed by atoms with E-state index in [9.17, 15) is 18.7 Å². The standard InChI is InChI=1S/C27H33F2N7O4/c1-27(2,15-37)14-31-7-8-40-23-10-20-18(9-22(23)39-3)26(34-17-11-33-35(12-17)13-24(30)38)36(16-32-20)21-6-4-5-19(28)25(21)29/h4-6,9-12,31,34,37H,7-8,13-16H2,1-3H3,(H2,30,38). The molecule has 0 fully saturated rings. The van der Waals surface area contributed by atoms with Crippen LogP contribution in [0.5, 0.6) is 11.5 Å². The smallest absolute Gasteiger partial charge is 0.239 e. The zero-order valence-electron chi connectivity index (χ0n) is 22.6. The van der Waals surface area contributed by atoms with Crippen molar-refractivity contribution < 1.29 is 28.2 Å². The number of primary amides is 1. The van der Waals surface area contributed by atoms with Crippen LogP contribution in [0.1, 0.15) is 13.8 Å². The molecule has 1 amide bonds. The highest BCUT2D eigenvalue weighted by molar-refractivity contribution is 5.78. The number of halogens is 2. The highest BCUT2D eigenvalue weighted by Gasteiger charge is 2.23. The molecule has 0 saturated carbocycles. The number of aromatic nitrogens is 2. The van der Waals surface area contributed by atoms with Gasteiger partial charge in [0.1, 0.15) is 25.6 Å². The Morgan fingerprint density at radius 3 is 2.77 bits per heavy atom. The minimum absolute atomic E-state index is 0.0161. The van der Waals surface area contributed by atoms with Gasteiger partial charge in [-0.2, -0.15) is 5.10 Å². The molecule has 0 aliphatic carbocycles. The van der Waals surface area contributed by atoms with E-state index in [2.05, 4.69) is 20.7 Å². The molecule has 3 aromatic rings. The molecule has 214 valence electrons. The monoisotopic (exact) mass is 557 g/mol. The Labute approximate surface area is 229 Å². The first-order valence-electron chi connectivity index (χ1n) is 12.6. The van der Waals surface area contributed by atoms with E-state index in [0.29, 0.717) is 53.3 Å². The van der Waals surface area contributed by atoms with Crippen molar-refractivity contribution in [3.63, 3.8) is 0 Å². The van der Waals surface area contributed by atoms with Gasteiger partial charge in [0.05, 0.1) is 30.0 Å². The fraction of sp³-hybridized carbons (Fsp3) is 0.370. The summed E-state index contributed by atoms with van der Waals surface area (Å²) in [6, 6.07) is 7.34. The molecule has 0 spiro atoms. The first-order chi connectivity index (χ1) is 19.1. The summed E-state index contributed by atoms with van der Waals surface area (Å²) in [5.41, 5.74) is 5.50. The van der Waals surface area contributed by atoms with E-state index in [1.165, 1.54) is 35.0 Å². The number of fused-ring (bicyclic) bond motifs is 1. The molecule has 0 bridgehead atoms. The molecule has 0 saturated heterocycles. The molecular formula is C27H33F2N7O4. The zero-order chi connectivity index (χ0) is 28.9. The van der Waals surface area contributed by atoms with Crippen molar-refractivity contribution in [2.75, 3.05) is 50.3 Å². The Balaban J connectivity index is 1.70. The molecular weight excluding hydrogens is 524 g/mol. The number of benzene rings is 2. The quantitative estimate of drug-likeness (QED) is 0.228. The van der Waals surface area contributed by atoms with Crippen LogP contribution in [0.3, 0.4) is 0 Å². The van der Waals surface area contributed by atoms with Crippen LogP contribution in [0.2, 0.25) is 0 Å². The van der Waals surface area contributed by atoms with Crippen LogP contribution >= 0.6 is 0 Å². The lowest BCUT2D eigenvalue weighted by atomic mass is 9.95. The van der Waals surface area contributed by atoms with Crippen molar-refractivity contribution >= 4 is 23.1 Å². The third-order valence-corrected chi connectivity index (χ3v) is 6.19. The average molecular weight is 558 g/mol. The second-order valence-corrected chi connectivity index (χ2v) is 10.0. The number of nitrogens with one attached hydrogen (secondary N) is 2. The van der Waals surface area contributed by atoms with E-state index in [0.717, 1.165) is 6.07 Å².